The third-order valence-corrected chi connectivity index (χ3v) is 4.88. The van der Waals surface area contributed by atoms with E-state index >= 15 is 0 Å². The minimum Gasteiger partial charge on any atom is -0.479 e. The van der Waals surface area contributed by atoms with Gasteiger partial charge in [0.1, 0.15) is 0 Å². The first-order valence-corrected chi connectivity index (χ1v) is 9.68. The van der Waals surface area contributed by atoms with E-state index in [0.717, 1.165) is 56.7 Å². The molecule has 3 aliphatic heterocycles. The molecule has 1 saturated heterocycles. The highest BCUT2D eigenvalue weighted by atomic mass is 16.6. The minimum atomic E-state index is -1.09. The number of hydrogen-bond acceptors (Lipinski definition) is 7. The number of carboxylic acid groups (broad SMARTS) is 1. The first kappa shape index (κ1) is 20.0. The number of unbranched alkanes of at least 4 members (excludes halogenated alkanes) is 4. The number of carboxylic acids is 1. The first-order chi connectivity index (χ1) is 13.2. The molecule has 0 aromatic heterocycles. The molecule has 27 heavy (non-hydrogen) atoms. The van der Waals surface area contributed by atoms with Crippen molar-refractivity contribution in [3.63, 3.8) is 0 Å². The van der Waals surface area contributed by atoms with E-state index in [4.69, 9.17) is 19.3 Å². The number of nitrogens with zero attached hydrogens (tertiary/aromatic N) is 1. The van der Waals surface area contributed by atoms with Crippen molar-refractivity contribution in [2.45, 2.75) is 43.8 Å². The molecule has 3 heterocycles. The van der Waals surface area contributed by atoms with E-state index < -0.39 is 11.6 Å². The summed E-state index contributed by atoms with van der Waals surface area (Å²) in [5.41, 5.74) is 7.04. The van der Waals surface area contributed by atoms with Gasteiger partial charge < -0.3 is 24.7 Å². The van der Waals surface area contributed by atoms with Crippen molar-refractivity contribution in [2.75, 3.05) is 39.5 Å². The van der Waals surface area contributed by atoms with Gasteiger partial charge in [-0.15, -0.1) is 0 Å². The molecule has 0 radical (unpaired) electrons. The number of rotatable bonds is 12. The molecule has 1 unspecified atom stereocenters. The Kier molecular flexibility index (Phi) is 7.40. The average molecular weight is 379 g/mol. The number of carbonyl (C=O) groups is 1. The van der Waals surface area contributed by atoms with E-state index in [-0.39, 0.29) is 19.3 Å². The van der Waals surface area contributed by atoms with Crippen molar-refractivity contribution >= 4 is 11.7 Å². The second-order valence-electron chi connectivity index (χ2n) is 7.03. The van der Waals surface area contributed by atoms with Crippen LogP contribution in [0.1, 0.15) is 32.1 Å². The molecule has 0 amide bonds. The summed E-state index contributed by atoms with van der Waals surface area (Å²) in [7, 11) is 0. The van der Waals surface area contributed by atoms with Crippen LogP contribution in [0.4, 0.5) is 0 Å². The predicted molar refractivity (Wildman–Crippen MR) is 101 cm³/mol. The second-order valence-corrected chi connectivity index (χ2v) is 7.03. The normalized spacial score (nSPS) is 23.3. The molecule has 0 aromatic carbocycles. The van der Waals surface area contributed by atoms with Crippen LogP contribution in [-0.2, 0) is 19.0 Å². The molecule has 8 nitrogen and oxygen atoms in total. The van der Waals surface area contributed by atoms with Gasteiger partial charge in [-0.3, -0.25) is 4.99 Å². The van der Waals surface area contributed by atoms with Crippen molar-refractivity contribution < 1.29 is 24.1 Å². The number of dihydropyridines is 1. The van der Waals surface area contributed by atoms with E-state index in [1.165, 1.54) is 0 Å². The number of hydrazine groups is 1. The smallest absolute Gasteiger partial charge is 0.340 e. The third-order valence-electron chi connectivity index (χ3n) is 4.88. The lowest BCUT2D eigenvalue weighted by atomic mass is 10.0. The van der Waals surface area contributed by atoms with Gasteiger partial charge >= 0.3 is 5.97 Å². The fourth-order valence-corrected chi connectivity index (χ4v) is 3.10. The Morgan fingerprint density at radius 2 is 2.04 bits per heavy atom. The molecule has 0 aliphatic carbocycles. The third kappa shape index (κ3) is 5.62. The summed E-state index contributed by atoms with van der Waals surface area (Å²) < 4.78 is 16.3. The Labute approximate surface area is 159 Å². The number of allylic oxidation sites excluding steroid dienone is 1. The van der Waals surface area contributed by atoms with Gasteiger partial charge in [0.15, 0.2) is 0 Å². The molecule has 1 atom stereocenters. The van der Waals surface area contributed by atoms with Crippen molar-refractivity contribution in [3.8, 4) is 0 Å². The number of aliphatic imine (C=N–C) groups is 1. The highest BCUT2D eigenvalue weighted by Gasteiger charge is 2.47. The monoisotopic (exact) mass is 379 g/mol. The quantitative estimate of drug-likeness (QED) is 0.438. The summed E-state index contributed by atoms with van der Waals surface area (Å²) >= 11 is 0. The summed E-state index contributed by atoms with van der Waals surface area (Å²) in [6, 6.07) is 0. The van der Waals surface area contributed by atoms with Crippen LogP contribution in [0.15, 0.2) is 28.9 Å². The van der Waals surface area contributed by atoms with Crippen molar-refractivity contribution in [1.29, 1.82) is 0 Å². The van der Waals surface area contributed by atoms with Crippen molar-refractivity contribution in [2.24, 2.45) is 4.99 Å². The van der Waals surface area contributed by atoms with Crippen LogP contribution in [0, 0.1) is 0 Å². The molecule has 3 N–H and O–H groups in total. The Morgan fingerprint density at radius 3 is 2.63 bits per heavy atom. The Balaban J connectivity index is 1.16. The van der Waals surface area contributed by atoms with Crippen LogP contribution in [0.3, 0.4) is 0 Å². The van der Waals surface area contributed by atoms with Crippen molar-refractivity contribution in [1.82, 2.24) is 10.9 Å². The molecule has 8 heteroatoms. The maximum Gasteiger partial charge on any atom is 0.340 e. The Morgan fingerprint density at radius 1 is 1.26 bits per heavy atom. The lowest BCUT2D eigenvalue weighted by Gasteiger charge is -2.36. The van der Waals surface area contributed by atoms with Gasteiger partial charge in [-0.25, -0.2) is 10.2 Å². The van der Waals surface area contributed by atoms with Crippen LogP contribution in [0.2, 0.25) is 0 Å². The lowest BCUT2D eigenvalue weighted by Crippen LogP contribution is -2.58. The van der Waals surface area contributed by atoms with Crippen LogP contribution in [0.5, 0.6) is 0 Å². The predicted octanol–water partition coefficient (Wildman–Crippen LogP) is 1.19. The van der Waals surface area contributed by atoms with E-state index in [1.807, 2.05) is 6.08 Å². The van der Waals surface area contributed by atoms with Crippen LogP contribution >= 0.6 is 0 Å². The van der Waals surface area contributed by atoms with E-state index in [0.29, 0.717) is 13.2 Å². The fraction of sp³-hybridized carbons (Fsp3) is 0.684. The SMILES string of the molecule is O=C(O)C1(OCCCCCCCOC2C=CC(C3=CCNN3)=NC2)COC1. The van der Waals surface area contributed by atoms with E-state index in [9.17, 15) is 4.79 Å². The molecule has 150 valence electrons. The lowest BCUT2D eigenvalue weighted by molar-refractivity contribution is -0.224. The zero-order valence-electron chi connectivity index (χ0n) is 15.6. The van der Waals surface area contributed by atoms with Crippen LogP contribution in [-0.4, -0.2) is 68.0 Å². The number of nitrogens with one attached hydrogen (secondary N) is 2. The van der Waals surface area contributed by atoms with E-state index in [2.05, 4.69) is 28.0 Å². The Bertz CT molecular complexity index is 598. The zero-order valence-corrected chi connectivity index (χ0v) is 15.6. The number of hydrogen-bond donors (Lipinski definition) is 3. The van der Waals surface area contributed by atoms with Crippen LogP contribution in [0.25, 0.3) is 0 Å². The van der Waals surface area contributed by atoms with Gasteiger partial charge in [-0.2, -0.15) is 0 Å². The van der Waals surface area contributed by atoms with Gasteiger partial charge in [0.05, 0.1) is 37.3 Å². The minimum absolute atomic E-state index is 0.0639. The van der Waals surface area contributed by atoms with Crippen LogP contribution < -0.4 is 10.9 Å². The molecular formula is C19H29N3O5. The highest BCUT2D eigenvalue weighted by Crippen LogP contribution is 2.22. The molecule has 0 saturated carbocycles. The molecule has 1 fully saturated rings. The summed E-state index contributed by atoms with van der Waals surface area (Å²) in [6.07, 6.45) is 11.3. The standard InChI is InChI=1S/C19H29N3O5/c23-18(24)19(13-25-14-19)27-11-5-3-1-2-4-10-26-15-6-7-16(20-12-15)17-8-9-21-22-17/h6-8,15,21-22H,1-5,9-14H2,(H,23,24). The molecule has 0 bridgehead atoms. The Hall–Kier alpha value is -1.74. The van der Waals surface area contributed by atoms with Gasteiger partial charge in [-0.05, 0) is 25.0 Å². The highest BCUT2D eigenvalue weighted by molar-refractivity contribution is 6.08. The molecular weight excluding hydrogens is 350 g/mol. The molecule has 0 spiro atoms. The maximum absolute atomic E-state index is 11.1. The summed E-state index contributed by atoms with van der Waals surface area (Å²) in [4.78, 5) is 15.7. The maximum atomic E-state index is 11.1. The largest absolute Gasteiger partial charge is 0.479 e. The number of ether oxygens (including phenoxy) is 3. The van der Waals surface area contributed by atoms with Gasteiger partial charge in [0.25, 0.3) is 0 Å². The summed E-state index contributed by atoms with van der Waals surface area (Å²) in [6.45, 7) is 3.01. The molecule has 3 rings (SSSR count). The average Bonchev–Trinajstić information content (AvgIpc) is 3.17. The van der Waals surface area contributed by atoms with Gasteiger partial charge in [-0.1, -0.05) is 25.3 Å². The number of aliphatic carboxylic acids is 1. The van der Waals surface area contributed by atoms with Gasteiger partial charge in [0.2, 0.25) is 5.60 Å². The van der Waals surface area contributed by atoms with E-state index in [1.54, 1.807) is 0 Å². The first-order valence-electron chi connectivity index (χ1n) is 9.68. The topological polar surface area (TPSA) is 101 Å². The van der Waals surface area contributed by atoms with Gasteiger partial charge in [0, 0.05) is 19.8 Å². The molecule has 3 aliphatic rings. The summed E-state index contributed by atoms with van der Waals surface area (Å²) in [5, 5.41) is 9.12. The fourth-order valence-electron chi connectivity index (χ4n) is 3.10. The summed E-state index contributed by atoms with van der Waals surface area (Å²) in [5.74, 6) is -0.924. The zero-order chi connectivity index (χ0) is 19.0. The second kappa shape index (κ2) is 9.98. The van der Waals surface area contributed by atoms with Crippen molar-refractivity contribution in [3.05, 3.63) is 23.9 Å². The molecule has 0 aromatic rings.